The number of primary amides is 1. The van der Waals surface area contributed by atoms with Gasteiger partial charge in [0.25, 0.3) is 23.6 Å². The fourth-order valence-electron chi connectivity index (χ4n) is 13.6. The largest absolute Gasteiger partial charge is 0.480 e. The van der Waals surface area contributed by atoms with E-state index in [4.69, 9.17) is 21.3 Å². The quantitative estimate of drug-likeness (QED) is 0.0198. The summed E-state index contributed by atoms with van der Waals surface area (Å²) in [6.07, 6.45) is 6.46. The first kappa shape index (κ1) is 104. The second kappa shape index (κ2) is 48.9. The van der Waals surface area contributed by atoms with E-state index in [-0.39, 0.29) is 91.6 Å². The molecule has 11 N–H and O–H groups in total. The Labute approximate surface area is 762 Å². The minimum absolute atomic E-state index is 0.0259. The molecule has 3 aliphatic rings. The summed E-state index contributed by atoms with van der Waals surface area (Å²) in [5.74, 6) is -13.0. The first-order chi connectivity index (χ1) is 62.3. The maximum atomic E-state index is 14.5. The van der Waals surface area contributed by atoms with Crippen molar-refractivity contribution in [1.29, 1.82) is 0 Å². The van der Waals surface area contributed by atoms with Crippen molar-refractivity contribution in [1.82, 2.24) is 80.2 Å². The Morgan fingerprint density at radius 2 is 1.11 bits per heavy atom. The number of amidine groups is 1. The number of ether oxygens (including phenoxy) is 1. The first-order valence-corrected chi connectivity index (χ1v) is 42.4. The number of fused-ring (bicyclic) bond motifs is 2. The molecule has 0 fully saturated rings. The summed E-state index contributed by atoms with van der Waals surface area (Å²) in [5.41, 5.74) is 16.1. The summed E-state index contributed by atoms with van der Waals surface area (Å²) in [6.45, 7) is 3.17. The van der Waals surface area contributed by atoms with Crippen LogP contribution in [-0.4, -0.2) is 355 Å². The highest BCUT2D eigenvalue weighted by Crippen LogP contribution is 2.31. The summed E-state index contributed by atoms with van der Waals surface area (Å²) >= 11 is 0. The van der Waals surface area contributed by atoms with Gasteiger partial charge in [0, 0.05) is 155 Å². The van der Waals surface area contributed by atoms with Gasteiger partial charge >= 0.3 is 18.1 Å². The van der Waals surface area contributed by atoms with Gasteiger partial charge in [0.2, 0.25) is 76.8 Å². The third-order valence-electron chi connectivity index (χ3n) is 21.4. The molecule has 2 atom stereocenters. The zero-order valence-corrected chi connectivity index (χ0v) is 76.3. The lowest BCUT2D eigenvalue weighted by Crippen LogP contribution is -2.54. The number of anilines is 3. The van der Waals surface area contributed by atoms with Crippen molar-refractivity contribution < 1.29 is 106 Å². The molecule has 3 aliphatic heterocycles. The SMILES string of the molecule is CCCN(CCC)C(=O)C1=Cc2ccc(C(=O)Nc3cnc4c(c3)CN(C(=O)OCc3ccc(NC(=O)[C@H](CCCNC(N)=O)NC(=O)[C@@H](NC(=O)CCc5ccc(N6C(=O)C=CC6=O)cc5C(=O)N(C)CC(=O)N(C)CC(=O)NCC(=O)N(C)CC(=O)N(C)CC(=O)N(C)CC(=O)N(C)CC(=O)N(C)CC(=O)N(C)CC(=O)N(C)CC(=O)O)C(C)C)cc3)CC4)cc2N=C(N)C1. The van der Waals surface area contributed by atoms with Crippen molar-refractivity contribution in [3.63, 3.8) is 0 Å². The summed E-state index contributed by atoms with van der Waals surface area (Å²) in [7, 11) is 11.4. The number of imide groups is 1. The highest BCUT2D eigenvalue weighted by atomic mass is 16.6. The number of aliphatic carboxylic acids is 1. The number of hydrogen-bond acceptors (Lipinski definition) is 24. The monoisotopic (exact) mass is 1830 g/mol. The number of rotatable bonds is 44. The van der Waals surface area contributed by atoms with Gasteiger partial charge in [-0.05, 0) is 103 Å². The smallest absolute Gasteiger partial charge is 0.410 e. The van der Waals surface area contributed by atoms with Gasteiger partial charge in [-0.1, -0.05) is 52.0 Å². The van der Waals surface area contributed by atoms with Gasteiger partial charge in [-0.15, -0.1) is 0 Å². The van der Waals surface area contributed by atoms with E-state index in [1.165, 1.54) is 92.7 Å². The number of carbonyl (C=O) groups is 20. The molecule has 7 rings (SSSR count). The molecular formula is C88H116N22O22. The van der Waals surface area contributed by atoms with Crippen LogP contribution in [0.1, 0.15) is 115 Å². The molecule has 0 bridgehead atoms. The highest BCUT2D eigenvalue weighted by molar-refractivity contribution is 6.28. The third-order valence-corrected chi connectivity index (χ3v) is 21.4. The van der Waals surface area contributed by atoms with Crippen LogP contribution in [0.3, 0.4) is 0 Å². The normalized spacial score (nSPS) is 12.9. The lowest BCUT2D eigenvalue weighted by Gasteiger charge is -2.28. The average Bonchev–Trinajstić information content (AvgIpc) is 1.37. The maximum Gasteiger partial charge on any atom is 0.410 e. The Bertz CT molecular complexity index is 5150. The molecule has 4 aromatic rings. The summed E-state index contributed by atoms with van der Waals surface area (Å²) in [6, 6.07) is 13.7. The van der Waals surface area contributed by atoms with E-state index >= 15 is 0 Å². The van der Waals surface area contributed by atoms with Gasteiger partial charge in [-0.25, -0.2) is 19.5 Å². The maximum absolute atomic E-state index is 14.5. The summed E-state index contributed by atoms with van der Waals surface area (Å²) < 4.78 is 5.72. The van der Waals surface area contributed by atoms with Crippen LogP contribution in [0.5, 0.6) is 0 Å². The molecule has 0 spiro atoms. The van der Waals surface area contributed by atoms with Gasteiger partial charge in [0.1, 0.15) is 31.1 Å². The number of hydrogen-bond donors (Lipinski definition) is 9. The Balaban J connectivity index is 0.873. The molecule has 20 amide bonds. The van der Waals surface area contributed by atoms with Gasteiger partial charge in [-0.3, -0.25) is 91.3 Å². The first-order valence-electron chi connectivity index (χ1n) is 42.4. The molecule has 1 aromatic heterocycles. The Hall–Kier alpha value is -15.0. The third kappa shape index (κ3) is 30.9. The number of aliphatic imine (C=N–C) groups is 1. The second-order valence-electron chi connectivity index (χ2n) is 32.5. The number of aromatic nitrogens is 1. The number of nitrogens with one attached hydrogen (secondary N) is 6. The molecule has 0 saturated heterocycles. The lowest BCUT2D eigenvalue weighted by molar-refractivity contribution is -0.146. The summed E-state index contributed by atoms with van der Waals surface area (Å²) in [5, 5.41) is 24.8. The number of likely N-dealkylation sites (N-methyl/N-ethyl adjacent to an activating group) is 9. The van der Waals surface area contributed by atoms with Crippen LogP contribution in [0.15, 0.2) is 95.6 Å². The van der Waals surface area contributed by atoms with E-state index in [9.17, 15) is 95.9 Å². The van der Waals surface area contributed by atoms with E-state index in [0.29, 0.717) is 59.7 Å². The van der Waals surface area contributed by atoms with E-state index in [1.54, 1.807) is 73.4 Å². The molecule has 44 nitrogen and oxygen atoms in total. The van der Waals surface area contributed by atoms with Gasteiger partial charge < -0.3 is 107 Å². The molecule has 0 unspecified atom stereocenters. The zero-order chi connectivity index (χ0) is 97.7. The van der Waals surface area contributed by atoms with Crippen molar-refractivity contribution in [2.24, 2.45) is 22.4 Å². The fourth-order valence-corrected chi connectivity index (χ4v) is 13.6. The van der Waals surface area contributed by atoms with Gasteiger partial charge in [0.15, 0.2) is 0 Å². The van der Waals surface area contributed by atoms with Crippen LogP contribution in [0, 0.1) is 5.92 Å². The number of benzene rings is 3. The van der Waals surface area contributed by atoms with E-state index in [0.717, 1.165) is 79.7 Å². The Kier molecular flexibility index (Phi) is 38.6. The summed E-state index contributed by atoms with van der Waals surface area (Å²) in [4.78, 5) is 285. The van der Waals surface area contributed by atoms with Crippen LogP contribution in [-0.2, 0) is 107 Å². The Morgan fingerprint density at radius 1 is 0.576 bits per heavy atom. The van der Waals surface area contributed by atoms with E-state index in [1.807, 2.05) is 13.8 Å². The van der Waals surface area contributed by atoms with Crippen LogP contribution in [0.4, 0.5) is 32.3 Å². The van der Waals surface area contributed by atoms with Crippen molar-refractivity contribution in [2.45, 2.75) is 104 Å². The number of carbonyl (C=O) groups excluding carboxylic acids is 19. The minimum atomic E-state index is -1.26. The van der Waals surface area contributed by atoms with E-state index in [2.05, 4.69) is 41.9 Å². The van der Waals surface area contributed by atoms with Gasteiger partial charge in [0.05, 0.1) is 88.7 Å². The lowest BCUT2D eigenvalue weighted by atomic mass is 9.99. The number of amides is 20. The number of pyridine rings is 1. The predicted molar refractivity (Wildman–Crippen MR) is 480 cm³/mol. The molecule has 4 heterocycles. The van der Waals surface area contributed by atoms with Crippen LogP contribution in [0.25, 0.3) is 6.08 Å². The standard InChI is InChI=1S/C88H116N22O22/c1-14-32-108(33-15-2)85(128)58-35-56-20-21-57(37-66(56)96-67(89)38-58)82(125)95-61-36-59-42-109(34-30-64(59)92-40-61)88(131)132-52-54-18-24-60(25-19-54)94-83(126)65(17-16-31-91-87(90)130)97-84(127)81(53(3)4)98-68(111)27-23-55-22-26-62(110-70(113)28-29-71(110)114)39-63(55)86(129)107(13)50-79(122)99(5)43-69(112)93-41-72(115)100(6)44-73(116)101(7)45-74(117)102(8)46-75(118)103(9)47-76(119)104(10)48-77(120)105(11)49-78(121)106(12)51-80(123)124/h18-22,24-26,28-29,35-37,39-40,53,65,81H,14-17,23,27,30-34,38,41-52H2,1-13H3,(H2,89,96)(H,93,112)(H,94,126)(H,95,125)(H,97,127)(H,98,111)(H,123,124)(H3,90,91,130)/t65-,81-/m0/s1. The number of carboxylic acid groups (broad SMARTS) is 1. The molecule has 0 aliphatic carbocycles. The molecule has 44 heteroatoms. The number of urea groups is 1. The van der Waals surface area contributed by atoms with Crippen LogP contribution < -0.4 is 48.3 Å². The van der Waals surface area contributed by atoms with Crippen molar-refractivity contribution in [3.05, 3.63) is 130 Å². The van der Waals surface area contributed by atoms with Crippen LogP contribution in [0.2, 0.25) is 0 Å². The van der Waals surface area contributed by atoms with E-state index < -0.39 is 196 Å². The molecule has 710 valence electrons. The molecule has 3 aromatic carbocycles. The van der Waals surface area contributed by atoms with Crippen molar-refractivity contribution in [2.75, 3.05) is 171 Å². The second-order valence-corrected chi connectivity index (χ2v) is 32.5. The number of nitrogens with two attached hydrogens (primary N) is 2. The number of carboxylic acids is 1. The Morgan fingerprint density at radius 3 is 1.65 bits per heavy atom. The molecule has 0 radical (unpaired) electrons. The average molecular weight is 1830 g/mol. The van der Waals surface area contributed by atoms with Crippen molar-refractivity contribution in [3.8, 4) is 0 Å². The minimum Gasteiger partial charge on any atom is -0.480 e. The zero-order valence-electron chi connectivity index (χ0n) is 76.3. The topological polar surface area (TPSA) is 559 Å². The highest BCUT2D eigenvalue weighted by Gasteiger charge is 2.34. The molecule has 132 heavy (non-hydrogen) atoms. The van der Waals surface area contributed by atoms with Crippen molar-refractivity contribution >= 4 is 153 Å². The number of nitrogens with zero attached hydrogens (tertiary/aromatic N) is 14. The van der Waals surface area contributed by atoms with Gasteiger partial charge in [-0.2, -0.15) is 0 Å². The predicted octanol–water partition coefficient (Wildman–Crippen LogP) is -0.532. The van der Waals surface area contributed by atoms with Crippen LogP contribution >= 0.6 is 0 Å². The number of aryl methyl sites for hydroxylation is 1. The fraction of sp³-hybridized carbons (Fsp3) is 0.455. The molecular weight excluding hydrogens is 1720 g/mol. The molecule has 0 saturated carbocycles.